The van der Waals surface area contributed by atoms with E-state index in [0.29, 0.717) is 18.9 Å². The molecule has 0 aromatic carbocycles. The molecule has 1 heterocycles. The fourth-order valence-corrected chi connectivity index (χ4v) is 2.97. The zero-order chi connectivity index (χ0) is 15.7. The third-order valence-corrected chi connectivity index (χ3v) is 4.23. The molecule has 1 aliphatic heterocycles. The van der Waals surface area contributed by atoms with Crippen LogP contribution in [-0.4, -0.2) is 33.9 Å². The Morgan fingerprint density at radius 1 is 1.24 bits per heavy atom. The summed E-state index contributed by atoms with van der Waals surface area (Å²) in [5.74, 6) is 0.548. The number of hydrogen-bond donors (Lipinski definition) is 0. The van der Waals surface area contributed by atoms with Gasteiger partial charge in [-0.1, -0.05) is 33.1 Å². The van der Waals surface area contributed by atoms with E-state index >= 15 is 0 Å². The summed E-state index contributed by atoms with van der Waals surface area (Å²) in [7, 11) is -3.52. The smallest absolute Gasteiger partial charge is 0.266 e. The summed E-state index contributed by atoms with van der Waals surface area (Å²) in [5.41, 5.74) is 0. The predicted octanol–water partition coefficient (Wildman–Crippen LogP) is 3.44. The molecule has 1 rings (SSSR count). The quantitative estimate of drug-likeness (QED) is 0.455. The van der Waals surface area contributed by atoms with Crippen LogP contribution >= 0.6 is 0 Å². The first-order chi connectivity index (χ1) is 9.90. The molecule has 1 unspecified atom stereocenters. The minimum atomic E-state index is -3.52. The predicted molar refractivity (Wildman–Crippen MR) is 82.3 cm³/mol. The van der Waals surface area contributed by atoms with Crippen LogP contribution < -0.4 is 0 Å². The second kappa shape index (κ2) is 9.77. The molecule has 0 aliphatic carbocycles. The molecule has 0 bridgehead atoms. The van der Waals surface area contributed by atoms with E-state index in [2.05, 4.69) is 13.8 Å². The first-order valence-corrected chi connectivity index (χ1v) is 9.87. The summed E-state index contributed by atoms with van der Waals surface area (Å²) in [5, 5.41) is 0. The monoisotopic (exact) mass is 322 g/mol. The van der Waals surface area contributed by atoms with Crippen molar-refractivity contribution >= 4 is 10.1 Å². The molecule has 0 saturated carbocycles. The lowest BCUT2D eigenvalue weighted by molar-refractivity contribution is -0.232. The van der Waals surface area contributed by atoms with E-state index in [1.807, 2.05) is 0 Å². The van der Waals surface area contributed by atoms with Crippen molar-refractivity contribution in [1.82, 2.24) is 0 Å². The highest BCUT2D eigenvalue weighted by atomic mass is 32.2. The average molecular weight is 322 g/mol. The Morgan fingerprint density at radius 3 is 2.57 bits per heavy atom. The lowest BCUT2D eigenvalue weighted by Gasteiger charge is -2.27. The molecule has 0 radical (unpaired) electrons. The second-order valence-corrected chi connectivity index (χ2v) is 7.59. The van der Waals surface area contributed by atoms with Crippen molar-refractivity contribution in [3.63, 3.8) is 0 Å². The van der Waals surface area contributed by atoms with Crippen LogP contribution in [0, 0.1) is 5.92 Å². The minimum absolute atomic E-state index is 0.337. The summed E-state index contributed by atoms with van der Waals surface area (Å²) in [6.45, 7) is 5.03. The molecule has 0 spiro atoms. The highest BCUT2D eigenvalue weighted by Gasteiger charge is 2.23. The molecule has 1 aliphatic rings. The van der Waals surface area contributed by atoms with Gasteiger partial charge in [0.2, 0.25) is 0 Å². The van der Waals surface area contributed by atoms with E-state index in [-0.39, 0.29) is 6.29 Å². The normalized spacial score (nSPS) is 22.9. The Hall–Kier alpha value is -0.170. The standard InChI is InChI=1S/C15H30O5S/c1-4-5-8-13(2)10-11-15(20-21(3,16)17)19-14-9-6-7-12-18-14/h13-15H,4-12H2,1-3H3/t13-,14+,15?/m0/s1. The van der Waals surface area contributed by atoms with Crippen molar-refractivity contribution in [3.8, 4) is 0 Å². The van der Waals surface area contributed by atoms with E-state index in [1.165, 1.54) is 12.8 Å². The summed E-state index contributed by atoms with van der Waals surface area (Å²) in [6.07, 6.45) is 7.89. The first-order valence-electron chi connectivity index (χ1n) is 8.06. The summed E-state index contributed by atoms with van der Waals surface area (Å²) in [4.78, 5) is 0. The Bertz CT molecular complexity index is 362. The van der Waals surface area contributed by atoms with Crippen molar-refractivity contribution in [3.05, 3.63) is 0 Å². The Kier molecular flexibility index (Phi) is 8.78. The molecule has 6 heteroatoms. The Labute approximate surface area is 129 Å². The van der Waals surface area contributed by atoms with E-state index in [4.69, 9.17) is 13.7 Å². The third-order valence-electron chi connectivity index (χ3n) is 3.67. The third kappa shape index (κ3) is 9.45. The SMILES string of the molecule is CCCC[C@H](C)CCC(O[C@@H]1CCCCO1)OS(C)(=O)=O. The molecule has 1 saturated heterocycles. The maximum atomic E-state index is 11.4. The maximum absolute atomic E-state index is 11.4. The Balaban J connectivity index is 2.43. The van der Waals surface area contributed by atoms with Crippen LogP contribution in [0.15, 0.2) is 0 Å². The number of unbranched alkanes of at least 4 members (excludes halogenated alkanes) is 1. The molecule has 21 heavy (non-hydrogen) atoms. The van der Waals surface area contributed by atoms with E-state index in [1.54, 1.807) is 0 Å². The van der Waals surface area contributed by atoms with E-state index in [0.717, 1.165) is 38.4 Å². The van der Waals surface area contributed by atoms with Crippen LogP contribution in [0.3, 0.4) is 0 Å². The molecule has 0 aromatic rings. The van der Waals surface area contributed by atoms with Gasteiger partial charge in [-0.05, 0) is 38.0 Å². The summed E-state index contributed by atoms with van der Waals surface area (Å²) in [6, 6.07) is 0. The maximum Gasteiger partial charge on any atom is 0.266 e. The molecular formula is C15H30O5S. The lowest BCUT2D eigenvalue weighted by atomic mass is 9.99. The van der Waals surface area contributed by atoms with Gasteiger partial charge in [-0.15, -0.1) is 0 Å². The second-order valence-electron chi connectivity index (χ2n) is 5.99. The zero-order valence-electron chi connectivity index (χ0n) is 13.5. The van der Waals surface area contributed by atoms with E-state index in [9.17, 15) is 8.42 Å². The molecule has 0 amide bonds. The van der Waals surface area contributed by atoms with Gasteiger partial charge in [0.15, 0.2) is 12.6 Å². The van der Waals surface area contributed by atoms with Crippen molar-refractivity contribution in [1.29, 1.82) is 0 Å². The van der Waals surface area contributed by atoms with Crippen LogP contribution in [0.4, 0.5) is 0 Å². The average Bonchev–Trinajstić information content (AvgIpc) is 2.42. The van der Waals surface area contributed by atoms with Gasteiger partial charge in [0, 0.05) is 6.61 Å². The van der Waals surface area contributed by atoms with Gasteiger partial charge in [0.1, 0.15) is 0 Å². The topological polar surface area (TPSA) is 61.8 Å². The molecule has 1 fully saturated rings. The van der Waals surface area contributed by atoms with Crippen LogP contribution in [0.5, 0.6) is 0 Å². The van der Waals surface area contributed by atoms with Crippen molar-refractivity contribution in [2.45, 2.75) is 77.8 Å². The van der Waals surface area contributed by atoms with Gasteiger partial charge >= 0.3 is 0 Å². The molecule has 126 valence electrons. The van der Waals surface area contributed by atoms with Gasteiger partial charge in [0.25, 0.3) is 10.1 Å². The van der Waals surface area contributed by atoms with E-state index < -0.39 is 16.4 Å². The molecule has 0 aromatic heterocycles. The first kappa shape index (κ1) is 18.9. The largest absolute Gasteiger partial charge is 0.353 e. The van der Waals surface area contributed by atoms with Crippen molar-refractivity contribution in [2.24, 2.45) is 5.92 Å². The number of rotatable bonds is 10. The van der Waals surface area contributed by atoms with Gasteiger partial charge < -0.3 is 9.47 Å². The summed E-state index contributed by atoms with van der Waals surface area (Å²) < 4.78 is 39.0. The van der Waals surface area contributed by atoms with Crippen molar-refractivity contribution < 1.29 is 22.1 Å². The number of ether oxygens (including phenoxy) is 2. The van der Waals surface area contributed by atoms with Gasteiger partial charge in [0.05, 0.1) is 6.26 Å². The van der Waals surface area contributed by atoms with Crippen LogP contribution in [0.25, 0.3) is 0 Å². The molecular weight excluding hydrogens is 292 g/mol. The van der Waals surface area contributed by atoms with Gasteiger partial charge in [-0.2, -0.15) is 8.42 Å². The Morgan fingerprint density at radius 2 is 2.00 bits per heavy atom. The minimum Gasteiger partial charge on any atom is -0.353 e. The highest BCUT2D eigenvalue weighted by Crippen LogP contribution is 2.22. The fraction of sp³-hybridized carbons (Fsp3) is 1.00. The molecule has 3 atom stereocenters. The molecule has 0 N–H and O–H groups in total. The van der Waals surface area contributed by atoms with Crippen LogP contribution in [-0.2, 0) is 23.8 Å². The lowest BCUT2D eigenvalue weighted by Crippen LogP contribution is -2.31. The van der Waals surface area contributed by atoms with Crippen LogP contribution in [0.2, 0.25) is 0 Å². The summed E-state index contributed by atoms with van der Waals surface area (Å²) >= 11 is 0. The van der Waals surface area contributed by atoms with Crippen LogP contribution in [0.1, 0.15) is 65.2 Å². The number of hydrogen-bond acceptors (Lipinski definition) is 5. The van der Waals surface area contributed by atoms with Crippen molar-refractivity contribution in [2.75, 3.05) is 12.9 Å². The highest BCUT2D eigenvalue weighted by molar-refractivity contribution is 7.86. The molecule has 5 nitrogen and oxygen atoms in total. The van der Waals surface area contributed by atoms with Gasteiger partial charge in [-0.3, -0.25) is 0 Å². The van der Waals surface area contributed by atoms with Gasteiger partial charge in [-0.25, -0.2) is 4.18 Å². The zero-order valence-corrected chi connectivity index (χ0v) is 14.4. The fourth-order valence-electron chi connectivity index (χ4n) is 2.44.